The molecule has 0 radical (unpaired) electrons. The van der Waals surface area contributed by atoms with Crippen molar-refractivity contribution in [2.75, 3.05) is 0 Å². The highest BCUT2D eigenvalue weighted by Gasteiger charge is 2.06. The Morgan fingerprint density at radius 2 is 2.00 bits per heavy atom. The molecule has 4 nitrogen and oxygen atoms in total. The minimum atomic E-state index is 0. The van der Waals surface area contributed by atoms with Crippen molar-refractivity contribution in [1.29, 1.82) is 0 Å². The van der Waals surface area contributed by atoms with Crippen molar-refractivity contribution in [3.8, 4) is 0 Å². The van der Waals surface area contributed by atoms with Crippen LogP contribution in [0.25, 0.3) is 0 Å². The Morgan fingerprint density at radius 1 is 1.31 bits per heavy atom. The Morgan fingerprint density at radius 3 is 2.56 bits per heavy atom. The standard InChI is InChI=1S/C11H11N3O.ClH/c1-9-2-4-10(5-3-9)11(15)6-14-8-12-7-13-14;/h2-5,7-8H,6H2,1H3;1H. The Labute approximate surface area is 99.7 Å². The van der Waals surface area contributed by atoms with Gasteiger partial charge < -0.3 is 0 Å². The minimum absolute atomic E-state index is 0. The first-order chi connectivity index (χ1) is 7.25. The van der Waals surface area contributed by atoms with Crippen molar-refractivity contribution in [1.82, 2.24) is 14.8 Å². The molecule has 0 spiro atoms. The first-order valence-electron chi connectivity index (χ1n) is 4.68. The van der Waals surface area contributed by atoms with Crippen LogP contribution < -0.4 is 0 Å². The molecular formula is C11H12ClN3O. The van der Waals surface area contributed by atoms with Crippen molar-refractivity contribution in [2.45, 2.75) is 13.5 Å². The number of ketones is 1. The SMILES string of the molecule is Cc1ccc(C(=O)Cn2cncn2)cc1.Cl. The molecule has 1 aromatic heterocycles. The van der Waals surface area contributed by atoms with Crippen LogP contribution in [0.1, 0.15) is 15.9 Å². The zero-order valence-electron chi connectivity index (χ0n) is 8.83. The lowest BCUT2D eigenvalue weighted by Crippen LogP contribution is -2.10. The summed E-state index contributed by atoms with van der Waals surface area (Å²) in [4.78, 5) is 15.5. The summed E-state index contributed by atoms with van der Waals surface area (Å²) in [5.41, 5.74) is 1.85. The zero-order chi connectivity index (χ0) is 10.7. The molecule has 1 heterocycles. The molecule has 0 saturated carbocycles. The Hall–Kier alpha value is -1.68. The molecule has 2 rings (SSSR count). The fourth-order valence-corrected chi connectivity index (χ4v) is 1.29. The second-order valence-electron chi connectivity index (χ2n) is 3.38. The first-order valence-corrected chi connectivity index (χ1v) is 4.68. The molecule has 0 atom stereocenters. The number of hydrogen-bond acceptors (Lipinski definition) is 3. The normalized spacial score (nSPS) is 9.56. The van der Waals surface area contributed by atoms with Gasteiger partial charge in [-0.15, -0.1) is 12.4 Å². The largest absolute Gasteiger partial charge is 0.292 e. The molecule has 0 aliphatic rings. The maximum atomic E-state index is 11.7. The van der Waals surface area contributed by atoms with E-state index in [0.29, 0.717) is 5.56 Å². The van der Waals surface area contributed by atoms with Gasteiger partial charge in [0.05, 0.1) is 0 Å². The Balaban J connectivity index is 0.00000128. The number of aromatic nitrogens is 3. The van der Waals surface area contributed by atoms with E-state index >= 15 is 0 Å². The topological polar surface area (TPSA) is 47.8 Å². The monoisotopic (exact) mass is 237 g/mol. The number of Topliss-reactive ketones (excluding diaryl/α,β-unsaturated/α-hetero) is 1. The second-order valence-corrected chi connectivity index (χ2v) is 3.38. The maximum absolute atomic E-state index is 11.7. The number of halogens is 1. The van der Waals surface area contributed by atoms with E-state index in [1.807, 2.05) is 31.2 Å². The molecule has 0 aliphatic heterocycles. The second kappa shape index (κ2) is 5.42. The van der Waals surface area contributed by atoms with E-state index in [9.17, 15) is 4.79 Å². The predicted octanol–water partition coefficient (Wildman–Crippen LogP) is 1.89. The van der Waals surface area contributed by atoms with Crippen molar-refractivity contribution < 1.29 is 4.79 Å². The van der Waals surface area contributed by atoms with Crippen molar-refractivity contribution in [2.24, 2.45) is 0 Å². The third-order valence-corrected chi connectivity index (χ3v) is 2.15. The molecular weight excluding hydrogens is 226 g/mol. The van der Waals surface area contributed by atoms with Crippen LogP contribution in [0, 0.1) is 6.92 Å². The van der Waals surface area contributed by atoms with E-state index in [2.05, 4.69) is 10.1 Å². The highest BCUT2D eigenvalue weighted by molar-refractivity contribution is 5.95. The number of rotatable bonds is 3. The molecule has 1 aromatic carbocycles. The number of carbonyl (C=O) groups is 1. The van der Waals surface area contributed by atoms with Gasteiger partial charge in [-0.2, -0.15) is 5.10 Å². The molecule has 0 bridgehead atoms. The van der Waals surface area contributed by atoms with Crippen LogP contribution in [-0.2, 0) is 6.54 Å². The molecule has 2 aromatic rings. The Kier molecular flexibility index (Phi) is 4.19. The summed E-state index contributed by atoms with van der Waals surface area (Å²) >= 11 is 0. The van der Waals surface area contributed by atoms with Crippen LogP contribution in [-0.4, -0.2) is 20.5 Å². The van der Waals surface area contributed by atoms with E-state index in [-0.39, 0.29) is 24.7 Å². The van der Waals surface area contributed by atoms with Crippen LogP contribution >= 0.6 is 12.4 Å². The van der Waals surface area contributed by atoms with Crippen molar-refractivity contribution >= 4 is 18.2 Å². The molecule has 0 saturated heterocycles. The fraction of sp³-hybridized carbons (Fsp3) is 0.182. The van der Waals surface area contributed by atoms with Gasteiger partial charge in [0.2, 0.25) is 0 Å². The van der Waals surface area contributed by atoms with E-state index < -0.39 is 0 Å². The van der Waals surface area contributed by atoms with Gasteiger partial charge in [0.25, 0.3) is 0 Å². The van der Waals surface area contributed by atoms with Crippen LogP contribution in [0.5, 0.6) is 0 Å². The lowest BCUT2D eigenvalue weighted by molar-refractivity contribution is 0.0967. The van der Waals surface area contributed by atoms with Crippen molar-refractivity contribution in [3.05, 3.63) is 48.0 Å². The average molecular weight is 238 g/mol. The molecule has 16 heavy (non-hydrogen) atoms. The molecule has 0 unspecified atom stereocenters. The highest BCUT2D eigenvalue weighted by atomic mass is 35.5. The molecule has 0 N–H and O–H groups in total. The summed E-state index contributed by atoms with van der Waals surface area (Å²) in [6, 6.07) is 7.51. The number of hydrogen-bond donors (Lipinski definition) is 0. The predicted molar refractivity (Wildman–Crippen MR) is 62.8 cm³/mol. The molecule has 0 fully saturated rings. The Bertz CT molecular complexity index is 451. The van der Waals surface area contributed by atoms with Gasteiger partial charge in [0, 0.05) is 5.56 Å². The van der Waals surface area contributed by atoms with Gasteiger partial charge in [0.1, 0.15) is 19.2 Å². The van der Waals surface area contributed by atoms with Crippen LogP contribution in [0.2, 0.25) is 0 Å². The summed E-state index contributed by atoms with van der Waals surface area (Å²) < 4.78 is 1.52. The number of nitrogens with zero attached hydrogens (tertiary/aromatic N) is 3. The van der Waals surface area contributed by atoms with E-state index in [4.69, 9.17) is 0 Å². The zero-order valence-corrected chi connectivity index (χ0v) is 9.65. The molecule has 0 amide bonds. The van der Waals surface area contributed by atoms with Gasteiger partial charge in [-0.3, -0.25) is 4.79 Å². The van der Waals surface area contributed by atoms with E-state index in [1.165, 1.54) is 17.3 Å². The number of benzene rings is 1. The average Bonchev–Trinajstić information content (AvgIpc) is 2.71. The lowest BCUT2D eigenvalue weighted by atomic mass is 10.1. The molecule has 5 heteroatoms. The van der Waals surface area contributed by atoms with Crippen LogP contribution in [0.15, 0.2) is 36.9 Å². The molecule has 0 aliphatic carbocycles. The first kappa shape index (κ1) is 12.4. The highest BCUT2D eigenvalue weighted by Crippen LogP contribution is 2.04. The number of aryl methyl sites for hydroxylation is 1. The smallest absolute Gasteiger partial charge is 0.184 e. The van der Waals surface area contributed by atoms with Gasteiger partial charge in [-0.1, -0.05) is 29.8 Å². The maximum Gasteiger partial charge on any atom is 0.184 e. The van der Waals surface area contributed by atoms with Crippen LogP contribution in [0.4, 0.5) is 0 Å². The lowest BCUT2D eigenvalue weighted by Gasteiger charge is -2.01. The van der Waals surface area contributed by atoms with Gasteiger partial charge in [-0.05, 0) is 6.92 Å². The summed E-state index contributed by atoms with van der Waals surface area (Å²) in [6.07, 6.45) is 2.95. The minimum Gasteiger partial charge on any atom is -0.292 e. The summed E-state index contributed by atoms with van der Waals surface area (Å²) in [5, 5.41) is 3.88. The fourth-order valence-electron chi connectivity index (χ4n) is 1.29. The summed E-state index contributed by atoms with van der Waals surface area (Å²) in [7, 11) is 0. The third kappa shape index (κ3) is 2.90. The summed E-state index contributed by atoms with van der Waals surface area (Å²) in [5.74, 6) is 0.0421. The van der Waals surface area contributed by atoms with E-state index in [0.717, 1.165) is 5.56 Å². The number of carbonyl (C=O) groups excluding carboxylic acids is 1. The quantitative estimate of drug-likeness (QED) is 0.766. The molecule has 84 valence electrons. The van der Waals surface area contributed by atoms with Gasteiger partial charge >= 0.3 is 0 Å². The van der Waals surface area contributed by atoms with E-state index in [1.54, 1.807) is 0 Å². The van der Waals surface area contributed by atoms with Crippen LogP contribution in [0.3, 0.4) is 0 Å². The third-order valence-electron chi connectivity index (χ3n) is 2.15. The van der Waals surface area contributed by atoms with Gasteiger partial charge in [-0.25, -0.2) is 9.67 Å². The van der Waals surface area contributed by atoms with Crippen molar-refractivity contribution in [3.63, 3.8) is 0 Å². The summed E-state index contributed by atoms with van der Waals surface area (Å²) in [6.45, 7) is 2.23. The van der Waals surface area contributed by atoms with Gasteiger partial charge in [0.15, 0.2) is 5.78 Å².